The molecule has 2 N–H and O–H groups in total. The van der Waals surface area contributed by atoms with Crippen LogP contribution in [0.15, 0.2) is 24.3 Å². The van der Waals surface area contributed by atoms with Crippen molar-refractivity contribution in [2.75, 3.05) is 7.11 Å². The number of ether oxygens (including phenoxy) is 1. The summed E-state index contributed by atoms with van der Waals surface area (Å²) in [6, 6.07) is 7.72. The fourth-order valence-electron chi connectivity index (χ4n) is 3.89. The number of carbonyl (C=O) groups is 2. The molecule has 0 radical (unpaired) electrons. The largest absolute Gasteiger partial charge is 0.465 e. The highest BCUT2D eigenvalue weighted by molar-refractivity contribution is 6.02. The summed E-state index contributed by atoms with van der Waals surface area (Å²) < 4.78 is 7.11. The molecule has 5 nitrogen and oxygen atoms in total. The van der Waals surface area contributed by atoms with Crippen LogP contribution in [-0.4, -0.2) is 23.6 Å². The number of benzene rings is 1. The number of rotatable bonds is 8. The zero-order valence-corrected chi connectivity index (χ0v) is 16.4. The number of hydrogen-bond donors (Lipinski definition) is 1. The zero-order valence-electron chi connectivity index (χ0n) is 16.4. The molecule has 0 spiro atoms. The highest BCUT2D eigenvalue weighted by atomic mass is 16.5. The van der Waals surface area contributed by atoms with Crippen molar-refractivity contribution in [3.8, 4) is 11.1 Å². The molecule has 0 atom stereocenters. The maximum Gasteiger partial charge on any atom is 0.337 e. The van der Waals surface area contributed by atoms with Gasteiger partial charge >= 0.3 is 5.97 Å². The Labute approximate surface area is 160 Å². The maximum atomic E-state index is 12.3. The van der Waals surface area contributed by atoms with E-state index in [2.05, 4.69) is 11.5 Å². The lowest BCUT2D eigenvalue weighted by Crippen LogP contribution is -2.13. The first-order valence-corrected chi connectivity index (χ1v) is 9.71. The number of unbranched alkanes of at least 4 members (excludes halogenated alkanes) is 2. The van der Waals surface area contributed by atoms with Crippen molar-refractivity contribution in [2.24, 2.45) is 5.73 Å². The lowest BCUT2D eigenvalue weighted by atomic mass is 9.96. The predicted molar refractivity (Wildman–Crippen MR) is 106 cm³/mol. The highest BCUT2D eigenvalue weighted by Crippen LogP contribution is 2.43. The second-order valence-electron chi connectivity index (χ2n) is 7.27. The molecular formula is C22H28N2O3. The summed E-state index contributed by atoms with van der Waals surface area (Å²) in [5.74, 6) is -0.762. The Morgan fingerprint density at radius 2 is 1.85 bits per heavy atom. The molecule has 3 rings (SSSR count). The van der Waals surface area contributed by atoms with Gasteiger partial charge in [-0.05, 0) is 50.3 Å². The van der Waals surface area contributed by atoms with Crippen molar-refractivity contribution in [3.05, 3.63) is 46.8 Å². The molecule has 0 saturated heterocycles. The van der Waals surface area contributed by atoms with Gasteiger partial charge in [0.25, 0.3) is 5.91 Å². The molecule has 1 saturated carbocycles. The van der Waals surface area contributed by atoms with Crippen molar-refractivity contribution >= 4 is 11.9 Å². The maximum absolute atomic E-state index is 12.3. The predicted octanol–water partition coefficient (Wildman–Crippen LogP) is 4.42. The third-order valence-corrected chi connectivity index (χ3v) is 5.32. The third kappa shape index (κ3) is 3.77. The van der Waals surface area contributed by atoms with Crippen LogP contribution in [0.2, 0.25) is 0 Å². The molecule has 1 aromatic carbocycles. The minimum atomic E-state index is -0.393. The number of esters is 1. The van der Waals surface area contributed by atoms with E-state index in [9.17, 15) is 9.59 Å². The number of hydrogen-bond acceptors (Lipinski definition) is 3. The summed E-state index contributed by atoms with van der Waals surface area (Å²) in [6.07, 6.45) is 6.60. The van der Waals surface area contributed by atoms with Crippen LogP contribution in [0.5, 0.6) is 0 Å². The van der Waals surface area contributed by atoms with Gasteiger partial charge in [-0.25, -0.2) is 4.79 Å². The third-order valence-electron chi connectivity index (χ3n) is 5.32. The van der Waals surface area contributed by atoms with Crippen LogP contribution in [0.4, 0.5) is 0 Å². The van der Waals surface area contributed by atoms with E-state index >= 15 is 0 Å². The second-order valence-corrected chi connectivity index (χ2v) is 7.27. The Bertz CT molecular complexity index is 845. The van der Waals surface area contributed by atoms with Crippen LogP contribution < -0.4 is 5.73 Å². The molecule has 0 unspecified atom stereocenters. The first-order valence-electron chi connectivity index (χ1n) is 9.71. The van der Waals surface area contributed by atoms with E-state index in [1.54, 1.807) is 12.1 Å². The number of carbonyl (C=O) groups excluding carboxylic acids is 2. The van der Waals surface area contributed by atoms with Crippen molar-refractivity contribution in [1.82, 2.24) is 4.57 Å². The first-order chi connectivity index (χ1) is 13.0. The van der Waals surface area contributed by atoms with Gasteiger partial charge in [-0.3, -0.25) is 4.79 Å². The fraction of sp³-hybridized carbons (Fsp3) is 0.455. The lowest BCUT2D eigenvalue weighted by molar-refractivity contribution is 0.0600. The Hall–Kier alpha value is -2.56. The van der Waals surface area contributed by atoms with E-state index in [1.807, 2.05) is 19.1 Å². The normalized spacial score (nSPS) is 13.6. The number of aromatic nitrogens is 1. The van der Waals surface area contributed by atoms with Crippen LogP contribution in [0, 0.1) is 6.92 Å². The highest BCUT2D eigenvalue weighted by Gasteiger charge is 2.32. The van der Waals surface area contributed by atoms with Crippen molar-refractivity contribution in [1.29, 1.82) is 0 Å². The topological polar surface area (TPSA) is 74.3 Å². The molecule has 1 aromatic heterocycles. The molecule has 5 heteroatoms. The average Bonchev–Trinajstić information content (AvgIpc) is 3.45. The Morgan fingerprint density at radius 1 is 1.19 bits per heavy atom. The van der Waals surface area contributed by atoms with Gasteiger partial charge in [0.2, 0.25) is 0 Å². The van der Waals surface area contributed by atoms with Crippen molar-refractivity contribution < 1.29 is 14.3 Å². The smallest absolute Gasteiger partial charge is 0.337 e. The van der Waals surface area contributed by atoms with E-state index in [1.165, 1.54) is 12.8 Å². The Balaban J connectivity index is 2.12. The monoisotopic (exact) mass is 368 g/mol. The summed E-state index contributed by atoms with van der Waals surface area (Å²) >= 11 is 0. The first kappa shape index (κ1) is 19.2. The molecule has 1 aliphatic rings. The molecule has 0 aliphatic heterocycles. The van der Waals surface area contributed by atoms with Crippen LogP contribution in [0.1, 0.15) is 77.2 Å². The molecular weight excluding hydrogens is 340 g/mol. The molecule has 1 fully saturated rings. The van der Waals surface area contributed by atoms with Crippen molar-refractivity contribution in [2.45, 2.75) is 58.4 Å². The average molecular weight is 368 g/mol. The van der Waals surface area contributed by atoms with E-state index in [4.69, 9.17) is 10.5 Å². The van der Waals surface area contributed by atoms with Crippen molar-refractivity contribution in [3.63, 3.8) is 0 Å². The molecule has 144 valence electrons. The second kappa shape index (κ2) is 7.99. The zero-order chi connectivity index (χ0) is 19.6. The van der Waals surface area contributed by atoms with Gasteiger partial charge < -0.3 is 15.0 Å². The summed E-state index contributed by atoms with van der Waals surface area (Å²) in [4.78, 5) is 24.0. The van der Waals surface area contributed by atoms with Crippen LogP contribution in [0.3, 0.4) is 0 Å². The number of primary amides is 1. The Kier molecular flexibility index (Phi) is 5.68. The van der Waals surface area contributed by atoms with E-state index in [0.29, 0.717) is 17.2 Å². The molecule has 0 bridgehead atoms. The number of methoxy groups -OCH3 is 1. The minimum Gasteiger partial charge on any atom is -0.465 e. The van der Waals surface area contributed by atoms with E-state index in [0.717, 1.165) is 55.3 Å². The Morgan fingerprint density at radius 3 is 2.37 bits per heavy atom. The van der Waals surface area contributed by atoms with Crippen LogP contribution in [-0.2, 0) is 11.2 Å². The van der Waals surface area contributed by atoms with Gasteiger partial charge in [-0.2, -0.15) is 0 Å². The standard InChI is InChI=1S/C22H28N2O3/c1-4-5-6-7-18-20(15-8-10-16(11-9-15)22(26)27-3)19(21(23)25)14(2)24(18)17-12-13-17/h8-11,17H,4-7,12-13H2,1-3H3,(H2,23,25). The van der Waals surface area contributed by atoms with Crippen LogP contribution >= 0.6 is 0 Å². The summed E-state index contributed by atoms with van der Waals surface area (Å²) in [7, 11) is 1.37. The molecule has 2 aromatic rings. The number of nitrogens with two attached hydrogens (primary N) is 1. The molecule has 1 aliphatic carbocycles. The SMILES string of the molecule is CCCCCc1c(-c2ccc(C(=O)OC)cc2)c(C(N)=O)c(C)n1C1CC1. The molecule has 1 amide bonds. The summed E-state index contributed by atoms with van der Waals surface area (Å²) in [5, 5.41) is 0. The number of nitrogens with zero attached hydrogens (tertiary/aromatic N) is 1. The van der Waals surface area contributed by atoms with Gasteiger partial charge in [0.15, 0.2) is 0 Å². The minimum absolute atomic E-state index is 0.369. The molecule has 1 heterocycles. The van der Waals surface area contributed by atoms with Gasteiger partial charge in [0.1, 0.15) is 0 Å². The fourth-order valence-corrected chi connectivity index (χ4v) is 3.89. The quantitative estimate of drug-likeness (QED) is 0.554. The number of amides is 1. The van der Waals surface area contributed by atoms with Gasteiger partial charge in [0, 0.05) is 23.0 Å². The molecule has 27 heavy (non-hydrogen) atoms. The summed E-state index contributed by atoms with van der Waals surface area (Å²) in [5.41, 5.74) is 10.9. The van der Waals surface area contributed by atoms with Crippen LogP contribution in [0.25, 0.3) is 11.1 Å². The van der Waals surface area contributed by atoms with Gasteiger partial charge in [-0.1, -0.05) is 31.9 Å². The van der Waals surface area contributed by atoms with Gasteiger partial charge in [-0.15, -0.1) is 0 Å². The van der Waals surface area contributed by atoms with Gasteiger partial charge in [0.05, 0.1) is 18.2 Å². The lowest BCUT2D eigenvalue weighted by Gasteiger charge is -2.12. The van der Waals surface area contributed by atoms with E-state index in [-0.39, 0.29) is 5.97 Å². The summed E-state index contributed by atoms with van der Waals surface area (Å²) in [6.45, 7) is 4.18. The van der Waals surface area contributed by atoms with E-state index < -0.39 is 5.91 Å².